The third-order valence-electron chi connectivity index (χ3n) is 3.32. The Kier molecular flexibility index (Phi) is 4.29. The first-order valence-corrected chi connectivity index (χ1v) is 7.55. The third-order valence-corrected chi connectivity index (χ3v) is 3.93. The smallest absolute Gasteiger partial charge is 0.255 e. The number of halogens is 2. The summed E-state index contributed by atoms with van der Waals surface area (Å²) in [5, 5.41) is 2.83. The molecule has 0 bridgehead atoms. The zero-order valence-electron chi connectivity index (χ0n) is 11.6. The normalized spacial score (nSPS) is 12.3. The maximum Gasteiger partial charge on any atom is 0.255 e. The van der Waals surface area contributed by atoms with Gasteiger partial charge in [-0.15, -0.1) is 0 Å². The lowest BCUT2D eigenvalue weighted by Gasteiger charge is -2.08. The summed E-state index contributed by atoms with van der Waals surface area (Å²) in [7, 11) is 0. The van der Waals surface area contributed by atoms with Crippen molar-refractivity contribution in [3.63, 3.8) is 0 Å². The van der Waals surface area contributed by atoms with Crippen LogP contribution in [0.1, 0.15) is 15.9 Å². The zero-order chi connectivity index (χ0) is 15.5. The molecular formula is C16H13BrFNO3. The first-order chi connectivity index (χ1) is 10.6. The first kappa shape index (κ1) is 14.8. The third kappa shape index (κ3) is 3.06. The topological polar surface area (TPSA) is 47.6 Å². The minimum absolute atomic E-state index is 0.128. The average Bonchev–Trinajstić information content (AvgIpc) is 2.99. The molecule has 1 N–H and O–H groups in total. The molecule has 0 atom stereocenters. The molecule has 0 saturated heterocycles. The van der Waals surface area contributed by atoms with Gasteiger partial charge >= 0.3 is 0 Å². The van der Waals surface area contributed by atoms with Gasteiger partial charge in [0.05, 0.1) is 10.0 Å². The molecule has 0 unspecified atom stereocenters. The lowest BCUT2D eigenvalue weighted by atomic mass is 10.1. The van der Waals surface area contributed by atoms with Crippen LogP contribution in [0.25, 0.3) is 0 Å². The van der Waals surface area contributed by atoms with Crippen molar-refractivity contribution in [1.82, 2.24) is 5.32 Å². The quantitative estimate of drug-likeness (QED) is 0.904. The van der Waals surface area contributed by atoms with E-state index in [0.717, 1.165) is 5.56 Å². The van der Waals surface area contributed by atoms with Crippen molar-refractivity contribution >= 4 is 21.8 Å². The van der Waals surface area contributed by atoms with Crippen molar-refractivity contribution in [2.45, 2.75) is 6.42 Å². The molecule has 2 aromatic rings. The number of amides is 1. The van der Waals surface area contributed by atoms with Crippen molar-refractivity contribution in [2.24, 2.45) is 0 Å². The van der Waals surface area contributed by atoms with E-state index in [9.17, 15) is 9.18 Å². The Bertz CT molecular complexity index is 721. The van der Waals surface area contributed by atoms with E-state index in [-0.39, 0.29) is 18.5 Å². The molecule has 1 heterocycles. The summed E-state index contributed by atoms with van der Waals surface area (Å²) < 4.78 is 24.1. The Balaban J connectivity index is 1.61. The summed E-state index contributed by atoms with van der Waals surface area (Å²) in [6.07, 6.45) is 0.608. The van der Waals surface area contributed by atoms with Crippen LogP contribution in [0, 0.1) is 5.82 Å². The summed E-state index contributed by atoms with van der Waals surface area (Å²) in [5.41, 5.74) is 1.39. The number of carbonyl (C=O) groups is 1. The van der Waals surface area contributed by atoms with E-state index >= 15 is 0 Å². The Morgan fingerprint density at radius 2 is 2.14 bits per heavy atom. The second kappa shape index (κ2) is 6.36. The number of rotatable bonds is 4. The van der Waals surface area contributed by atoms with Gasteiger partial charge in [0.2, 0.25) is 6.79 Å². The van der Waals surface area contributed by atoms with E-state index in [4.69, 9.17) is 9.47 Å². The maximum absolute atomic E-state index is 13.2. The molecule has 0 radical (unpaired) electrons. The zero-order valence-corrected chi connectivity index (χ0v) is 13.2. The molecule has 3 rings (SSSR count). The first-order valence-electron chi connectivity index (χ1n) is 6.76. The fourth-order valence-electron chi connectivity index (χ4n) is 2.22. The van der Waals surface area contributed by atoms with Gasteiger partial charge in [0.25, 0.3) is 5.91 Å². The van der Waals surface area contributed by atoms with E-state index in [1.807, 2.05) is 0 Å². The second-order valence-corrected chi connectivity index (χ2v) is 5.65. The number of para-hydroxylation sites is 1. The molecule has 0 aliphatic carbocycles. The van der Waals surface area contributed by atoms with Crippen molar-refractivity contribution in [1.29, 1.82) is 0 Å². The Morgan fingerprint density at radius 1 is 1.27 bits per heavy atom. The van der Waals surface area contributed by atoms with Gasteiger partial charge in [0.1, 0.15) is 5.82 Å². The molecule has 4 nitrogen and oxygen atoms in total. The number of ether oxygens (including phenoxy) is 2. The minimum Gasteiger partial charge on any atom is -0.454 e. The van der Waals surface area contributed by atoms with Crippen molar-refractivity contribution in [3.8, 4) is 11.5 Å². The molecule has 114 valence electrons. The average molecular weight is 366 g/mol. The van der Waals surface area contributed by atoms with Gasteiger partial charge in [-0.25, -0.2) is 4.39 Å². The SMILES string of the molecule is O=C(NCCc1ccc(F)c(Br)c1)c1cccc2c1OCO2. The number of fused-ring (bicyclic) bond motifs is 1. The van der Waals surface area contributed by atoms with Gasteiger partial charge < -0.3 is 14.8 Å². The van der Waals surface area contributed by atoms with E-state index in [2.05, 4.69) is 21.2 Å². The number of hydrogen-bond donors (Lipinski definition) is 1. The fourth-order valence-corrected chi connectivity index (χ4v) is 2.65. The monoisotopic (exact) mass is 365 g/mol. The van der Waals surface area contributed by atoms with Crippen molar-refractivity contribution in [3.05, 3.63) is 57.8 Å². The molecule has 1 aliphatic rings. The summed E-state index contributed by atoms with van der Waals surface area (Å²) in [5.74, 6) is 0.535. The molecule has 0 saturated carbocycles. The van der Waals surface area contributed by atoms with Crippen LogP contribution in [0.4, 0.5) is 4.39 Å². The number of benzene rings is 2. The minimum atomic E-state index is -0.301. The summed E-state index contributed by atoms with van der Waals surface area (Å²) in [6, 6.07) is 10.0. The van der Waals surface area contributed by atoms with E-state index in [1.165, 1.54) is 6.07 Å². The van der Waals surface area contributed by atoms with Crippen LogP contribution in [0.2, 0.25) is 0 Å². The summed E-state index contributed by atoms with van der Waals surface area (Å²) in [4.78, 5) is 12.2. The lowest BCUT2D eigenvalue weighted by Crippen LogP contribution is -2.26. The van der Waals surface area contributed by atoms with Crippen LogP contribution < -0.4 is 14.8 Å². The largest absolute Gasteiger partial charge is 0.454 e. The molecule has 0 fully saturated rings. The standard InChI is InChI=1S/C16H13BrFNO3/c17-12-8-10(4-5-13(12)18)6-7-19-16(20)11-2-1-3-14-15(11)22-9-21-14/h1-5,8H,6-7,9H2,(H,19,20). The Morgan fingerprint density at radius 3 is 2.95 bits per heavy atom. The summed E-state index contributed by atoms with van der Waals surface area (Å²) in [6.45, 7) is 0.574. The molecule has 0 spiro atoms. The predicted octanol–water partition coefficient (Wildman–Crippen LogP) is 3.29. The van der Waals surface area contributed by atoms with Crippen LogP contribution >= 0.6 is 15.9 Å². The molecule has 1 aliphatic heterocycles. The van der Waals surface area contributed by atoms with Gasteiger partial charge in [0, 0.05) is 6.54 Å². The molecule has 0 aromatic heterocycles. The van der Waals surface area contributed by atoms with Crippen LogP contribution in [-0.4, -0.2) is 19.2 Å². The maximum atomic E-state index is 13.2. The van der Waals surface area contributed by atoms with E-state index in [1.54, 1.807) is 30.3 Å². The van der Waals surface area contributed by atoms with Crippen molar-refractivity contribution in [2.75, 3.05) is 13.3 Å². The molecule has 22 heavy (non-hydrogen) atoms. The molecular weight excluding hydrogens is 353 g/mol. The Labute approximate surface area is 135 Å². The highest BCUT2D eigenvalue weighted by Gasteiger charge is 2.21. The van der Waals surface area contributed by atoms with Crippen molar-refractivity contribution < 1.29 is 18.7 Å². The highest BCUT2D eigenvalue weighted by atomic mass is 79.9. The highest BCUT2D eigenvalue weighted by molar-refractivity contribution is 9.10. The van der Waals surface area contributed by atoms with Crippen LogP contribution in [0.5, 0.6) is 11.5 Å². The lowest BCUT2D eigenvalue weighted by molar-refractivity contribution is 0.0949. The van der Waals surface area contributed by atoms with Gasteiger partial charge in [-0.1, -0.05) is 12.1 Å². The van der Waals surface area contributed by atoms with Gasteiger partial charge in [-0.05, 0) is 52.2 Å². The van der Waals surface area contributed by atoms with E-state index < -0.39 is 0 Å². The second-order valence-electron chi connectivity index (χ2n) is 4.79. The predicted molar refractivity (Wildman–Crippen MR) is 82.7 cm³/mol. The van der Waals surface area contributed by atoms with Gasteiger partial charge in [-0.2, -0.15) is 0 Å². The number of hydrogen-bond acceptors (Lipinski definition) is 3. The Hall–Kier alpha value is -2.08. The van der Waals surface area contributed by atoms with Crippen LogP contribution in [0.15, 0.2) is 40.9 Å². The number of carbonyl (C=O) groups excluding carboxylic acids is 1. The summed E-state index contributed by atoms with van der Waals surface area (Å²) >= 11 is 3.14. The molecule has 6 heteroatoms. The van der Waals surface area contributed by atoms with E-state index in [0.29, 0.717) is 34.5 Å². The highest BCUT2D eigenvalue weighted by Crippen LogP contribution is 2.35. The van der Waals surface area contributed by atoms with Gasteiger partial charge in [0.15, 0.2) is 11.5 Å². The number of nitrogens with one attached hydrogen (secondary N) is 1. The molecule has 2 aromatic carbocycles. The van der Waals surface area contributed by atoms with Gasteiger partial charge in [-0.3, -0.25) is 4.79 Å². The fraction of sp³-hybridized carbons (Fsp3) is 0.188. The van der Waals surface area contributed by atoms with Crippen LogP contribution in [0.3, 0.4) is 0 Å². The molecule has 1 amide bonds. The van der Waals surface area contributed by atoms with Crippen LogP contribution in [-0.2, 0) is 6.42 Å².